The topological polar surface area (TPSA) is 64.1 Å². The minimum Gasteiger partial charge on any atom is -0.496 e. The fourth-order valence-electron chi connectivity index (χ4n) is 2.88. The number of fused-ring (bicyclic) bond motifs is 1. The predicted molar refractivity (Wildman–Crippen MR) is 118 cm³/mol. The first-order chi connectivity index (χ1) is 12.7. The highest BCUT2D eigenvalue weighted by atomic mass is 127. The summed E-state index contributed by atoms with van der Waals surface area (Å²) in [5.41, 5.74) is 3.50. The van der Waals surface area contributed by atoms with E-state index >= 15 is 0 Å². The molecule has 0 atom stereocenters. The number of halogens is 1. The Kier molecular flexibility index (Phi) is 8.02. The molecule has 2 aromatic rings. The number of aryl methyl sites for hydroxylation is 1. The van der Waals surface area contributed by atoms with Crippen LogP contribution in [-0.2, 0) is 13.0 Å². The fraction of sp³-hybridized carbons (Fsp3) is 0.350. The van der Waals surface area contributed by atoms with E-state index in [-0.39, 0.29) is 24.0 Å². The molecule has 0 bridgehead atoms. The number of nitrogens with one attached hydrogen (secondary N) is 2. The number of guanidine groups is 1. The summed E-state index contributed by atoms with van der Waals surface area (Å²) in [7, 11) is 3.46. The van der Waals surface area contributed by atoms with Gasteiger partial charge in [-0.1, -0.05) is 18.2 Å². The van der Waals surface area contributed by atoms with Crippen LogP contribution >= 0.6 is 24.0 Å². The van der Waals surface area contributed by atoms with Crippen LogP contribution in [0.3, 0.4) is 0 Å². The van der Waals surface area contributed by atoms with Crippen molar-refractivity contribution in [3.05, 3.63) is 53.1 Å². The highest BCUT2D eigenvalue weighted by molar-refractivity contribution is 14.0. The number of hydrogen-bond donors (Lipinski definition) is 2. The molecule has 3 rings (SSSR count). The molecule has 0 saturated heterocycles. The van der Waals surface area contributed by atoms with Crippen molar-refractivity contribution < 1.29 is 14.2 Å². The number of methoxy groups -OCH3 is 1. The van der Waals surface area contributed by atoms with Crippen molar-refractivity contribution in [3.63, 3.8) is 0 Å². The van der Waals surface area contributed by atoms with Crippen LogP contribution in [0.25, 0.3) is 0 Å². The summed E-state index contributed by atoms with van der Waals surface area (Å²) >= 11 is 0. The average Bonchev–Trinajstić information content (AvgIpc) is 3.12. The minimum absolute atomic E-state index is 0. The third-order valence-electron chi connectivity index (χ3n) is 4.29. The average molecular weight is 483 g/mol. The van der Waals surface area contributed by atoms with Gasteiger partial charge in [-0.15, -0.1) is 24.0 Å². The molecule has 1 aliphatic rings. The molecule has 2 N–H and O–H groups in total. The van der Waals surface area contributed by atoms with E-state index in [1.54, 1.807) is 14.2 Å². The van der Waals surface area contributed by atoms with Gasteiger partial charge in [0.15, 0.2) is 17.5 Å². The van der Waals surface area contributed by atoms with Crippen molar-refractivity contribution in [2.45, 2.75) is 19.9 Å². The van der Waals surface area contributed by atoms with Crippen molar-refractivity contribution in [2.24, 2.45) is 4.99 Å². The van der Waals surface area contributed by atoms with E-state index in [9.17, 15) is 0 Å². The molecule has 0 unspecified atom stereocenters. The van der Waals surface area contributed by atoms with Crippen LogP contribution in [0.1, 0.15) is 16.7 Å². The van der Waals surface area contributed by atoms with Gasteiger partial charge in [-0.2, -0.15) is 0 Å². The van der Waals surface area contributed by atoms with Crippen LogP contribution in [-0.4, -0.2) is 33.5 Å². The first kappa shape index (κ1) is 21.1. The molecule has 7 heteroatoms. The van der Waals surface area contributed by atoms with Crippen LogP contribution < -0.4 is 24.8 Å². The molecule has 0 aromatic heterocycles. The highest BCUT2D eigenvalue weighted by Crippen LogP contribution is 2.32. The van der Waals surface area contributed by atoms with Crippen molar-refractivity contribution >= 4 is 29.9 Å². The van der Waals surface area contributed by atoms with Crippen LogP contribution in [0.4, 0.5) is 0 Å². The first-order valence-corrected chi connectivity index (χ1v) is 8.66. The Morgan fingerprint density at radius 2 is 1.85 bits per heavy atom. The van der Waals surface area contributed by atoms with Gasteiger partial charge >= 0.3 is 0 Å². The van der Waals surface area contributed by atoms with Gasteiger partial charge in [-0.3, -0.25) is 4.99 Å². The summed E-state index contributed by atoms with van der Waals surface area (Å²) in [6.45, 7) is 3.83. The molecule has 0 spiro atoms. The summed E-state index contributed by atoms with van der Waals surface area (Å²) in [6, 6.07) is 12.2. The standard InChI is InChI=1S/C20H25N3O3.HI/c1-14-10-16(5-6-17(14)24-3)12-23-20(21-2)22-9-8-15-4-7-18-19(11-15)26-13-25-18;/h4-7,10-11H,8-9,12-13H2,1-3H3,(H2,21,22,23);1H. The number of benzene rings is 2. The van der Waals surface area contributed by atoms with Gasteiger partial charge in [-0.25, -0.2) is 0 Å². The second-order valence-electron chi connectivity index (χ2n) is 6.09. The number of nitrogens with zero attached hydrogens (tertiary/aromatic N) is 1. The maximum atomic E-state index is 5.41. The van der Waals surface area contributed by atoms with Crippen molar-refractivity contribution in [2.75, 3.05) is 27.5 Å². The van der Waals surface area contributed by atoms with E-state index in [2.05, 4.69) is 33.8 Å². The smallest absolute Gasteiger partial charge is 0.231 e. The molecule has 0 aliphatic carbocycles. The number of hydrogen-bond acceptors (Lipinski definition) is 4. The predicted octanol–water partition coefficient (Wildman–Crippen LogP) is 3.26. The SMILES string of the molecule is CN=C(NCCc1ccc2c(c1)OCO2)NCc1ccc(OC)c(C)c1.I. The normalized spacial score (nSPS) is 12.3. The van der Waals surface area contributed by atoms with Crippen molar-refractivity contribution in [1.29, 1.82) is 0 Å². The Labute approximate surface area is 177 Å². The second-order valence-corrected chi connectivity index (χ2v) is 6.09. The molecule has 0 amide bonds. The van der Waals surface area contributed by atoms with Gasteiger partial charge in [0, 0.05) is 20.1 Å². The zero-order valence-corrected chi connectivity index (χ0v) is 18.2. The van der Waals surface area contributed by atoms with Crippen LogP contribution in [0.15, 0.2) is 41.4 Å². The fourth-order valence-corrected chi connectivity index (χ4v) is 2.88. The van der Waals surface area contributed by atoms with E-state index in [1.165, 1.54) is 11.1 Å². The lowest BCUT2D eigenvalue weighted by Crippen LogP contribution is -2.37. The Morgan fingerprint density at radius 3 is 2.59 bits per heavy atom. The molecular formula is C20H26IN3O3. The molecule has 0 radical (unpaired) electrons. The third-order valence-corrected chi connectivity index (χ3v) is 4.29. The Bertz CT molecular complexity index is 796. The quantitative estimate of drug-likeness (QED) is 0.375. The molecule has 0 saturated carbocycles. The molecule has 1 heterocycles. The summed E-state index contributed by atoms with van der Waals surface area (Å²) in [5.74, 6) is 3.31. The Morgan fingerprint density at radius 1 is 1.07 bits per heavy atom. The summed E-state index contributed by atoms with van der Waals surface area (Å²) < 4.78 is 16.0. The number of rotatable bonds is 6. The molecule has 2 aromatic carbocycles. The van der Waals surface area contributed by atoms with Gasteiger partial charge < -0.3 is 24.8 Å². The monoisotopic (exact) mass is 483 g/mol. The van der Waals surface area contributed by atoms with Crippen LogP contribution in [0, 0.1) is 6.92 Å². The van der Waals surface area contributed by atoms with E-state index in [0.29, 0.717) is 13.3 Å². The second kappa shape index (κ2) is 10.2. The molecule has 27 heavy (non-hydrogen) atoms. The molecule has 0 fully saturated rings. The van der Waals surface area contributed by atoms with E-state index in [0.717, 1.165) is 41.7 Å². The van der Waals surface area contributed by atoms with E-state index < -0.39 is 0 Å². The van der Waals surface area contributed by atoms with Gasteiger partial charge in [0.1, 0.15) is 5.75 Å². The van der Waals surface area contributed by atoms with E-state index in [1.807, 2.05) is 25.1 Å². The first-order valence-electron chi connectivity index (χ1n) is 8.66. The largest absolute Gasteiger partial charge is 0.496 e. The summed E-state index contributed by atoms with van der Waals surface area (Å²) in [5, 5.41) is 6.67. The van der Waals surface area contributed by atoms with Crippen molar-refractivity contribution in [1.82, 2.24) is 10.6 Å². The molecular weight excluding hydrogens is 457 g/mol. The number of ether oxygens (including phenoxy) is 3. The van der Waals surface area contributed by atoms with Crippen molar-refractivity contribution in [3.8, 4) is 17.2 Å². The lowest BCUT2D eigenvalue weighted by molar-refractivity contribution is 0.174. The summed E-state index contributed by atoms with van der Waals surface area (Å²) in [4.78, 5) is 4.27. The maximum absolute atomic E-state index is 5.41. The molecule has 146 valence electrons. The van der Waals surface area contributed by atoms with E-state index in [4.69, 9.17) is 14.2 Å². The molecule has 1 aliphatic heterocycles. The van der Waals surface area contributed by atoms with Crippen LogP contribution in [0.5, 0.6) is 17.2 Å². The highest BCUT2D eigenvalue weighted by Gasteiger charge is 2.12. The third kappa shape index (κ3) is 5.66. The van der Waals surface area contributed by atoms with Crippen LogP contribution in [0.2, 0.25) is 0 Å². The van der Waals surface area contributed by atoms with Gasteiger partial charge in [-0.05, 0) is 48.2 Å². The van der Waals surface area contributed by atoms with Gasteiger partial charge in [0.2, 0.25) is 6.79 Å². The zero-order valence-electron chi connectivity index (χ0n) is 15.9. The number of aliphatic imine (C=N–C) groups is 1. The lowest BCUT2D eigenvalue weighted by Gasteiger charge is -2.13. The van der Waals surface area contributed by atoms with Gasteiger partial charge in [0.05, 0.1) is 7.11 Å². The Balaban J connectivity index is 0.00000261. The Hall–Kier alpha value is -2.16. The summed E-state index contributed by atoms with van der Waals surface area (Å²) in [6.07, 6.45) is 0.874. The maximum Gasteiger partial charge on any atom is 0.231 e. The lowest BCUT2D eigenvalue weighted by atomic mass is 10.1. The molecule has 6 nitrogen and oxygen atoms in total. The zero-order chi connectivity index (χ0) is 18.4. The van der Waals surface area contributed by atoms with Gasteiger partial charge in [0.25, 0.3) is 0 Å². The minimum atomic E-state index is 0.